The Morgan fingerprint density at radius 2 is 0.878 bits per heavy atom. The van der Waals surface area contributed by atoms with Gasteiger partial charge in [0.15, 0.2) is 0 Å². The monoisotopic (exact) mass is 626 g/mol. The fourth-order valence-corrected chi connectivity index (χ4v) is 3.26. The Kier molecular flexibility index (Phi) is 17.0. The van der Waals surface area contributed by atoms with Gasteiger partial charge in [-0.25, -0.2) is 4.79 Å². The molecule has 0 aliphatic heterocycles. The third-order valence-electron chi connectivity index (χ3n) is 5.04. The Balaban J connectivity index is 5.68. The number of carboxylic acid groups (broad SMARTS) is 1. The Labute approximate surface area is 243 Å². The number of aliphatic carboxylic acids is 1. The van der Waals surface area contributed by atoms with Gasteiger partial charge in [-0.15, -0.1) is 0 Å². The molecular weight excluding hydrogens is 592 g/mol. The number of amides is 7. The zero-order chi connectivity index (χ0) is 31.9. The summed E-state index contributed by atoms with van der Waals surface area (Å²) in [7, 11) is 0. The van der Waals surface area contributed by atoms with E-state index >= 15 is 0 Å². The lowest BCUT2D eigenvalue weighted by Crippen LogP contribution is -2.61. The van der Waals surface area contributed by atoms with Crippen molar-refractivity contribution in [1.82, 2.24) is 26.6 Å². The Morgan fingerprint density at radius 3 is 1.17 bits per heavy atom. The standard InChI is InChI=1S/C20H34N8O11S2/c21-7(5-40)15(33)26-10(3-29)18(36)24-8(1-13(22)31)16(34)27-11(4-30)19(37)25-9(2-14(23)32)17(35)28-12(6-41)20(38)39/h7-12,29-30,40-41H,1-6,21H2,(H2,22,31)(H2,23,32)(H,24,36)(H,25,37)(H,26,33)(H,27,34)(H,28,35)(H,38,39)/t7-,8-,9-,10-,11-,12-/m0/s1. The predicted molar refractivity (Wildman–Crippen MR) is 145 cm³/mol. The molecule has 0 aromatic heterocycles. The number of aliphatic hydroxyl groups excluding tert-OH is 2. The van der Waals surface area contributed by atoms with Crippen molar-refractivity contribution in [3.05, 3.63) is 0 Å². The van der Waals surface area contributed by atoms with Gasteiger partial charge in [-0.2, -0.15) is 25.3 Å². The average Bonchev–Trinajstić information content (AvgIpc) is 2.90. The van der Waals surface area contributed by atoms with Gasteiger partial charge in [-0.1, -0.05) is 0 Å². The van der Waals surface area contributed by atoms with Crippen molar-refractivity contribution in [3.8, 4) is 0 Å². The number of primary amides is 2. The van der Waals surface area contributed by atoms with Crippen molar-refractivity contribution >= 4 is 72.6 Å². The van der Waals surface area contributed by atoms with Gasteiger partial charge in [0.05, 0.1) is 32.1 Å². The molecule has 0 heterocycles. The van der Waals surface area contributed by atoms with Crippen molar-refractivity contribution in [3.63, 3.8) is 0 Å². The van der Waals surface area contributed by atoms with Crippen molar-refractivity contribution < 1.29 is 53.7 Å². The van der Waals surface area contributed by atoms with Gasteiger partial charge in [-0.05, 0) is 0 Å². The normalized spacial score (nSPS) is 15.0. The summed E-state index contributed by atoms with van der Waals surface area (Å²) < 4.78 is 0. The quantitative estimate of drug-likeness (QED) is 0.0595. The molecule has 0 unspecified atom stereocenters. The summed E-state index contributed by atoms with van der Waals surface area (Å²) in [6.07, 6.45) is -1.62. The number of nitrogens with two attached hydrogens (primary N) is 3. The summed E-state index contributed by atoms with van der Waals surface area (Å²) in [5.74, 6) is -9.70. The lowest BCUT2D eigenvalue weighted by molar-refractivity contribution is -0.141. The summed E-state index contributed by atoms with van der Waals surface area (Å²) in [5, 5.41) is 38.4. The van der Waals surface area contributed by atoms with E-state index in [-0.39, 0.29) is 11.5 Å². The Hall–Kier alpha value is -3.66. The van der Waals surface area contributed by atoms with Gasteiger partial charge in [0.25, 0.3) is 0 Å². The van der Waals surface area contributed by atoms with E-state index in [1.165, 1.54) is 0 Å². The molecule has 7 amide bonds. The molecule has 0 bridgehead atoms. The SMILES string of the molecule is NC(=O)C[C@H](NC(=O)[C@H](CO)NC(=O)[C@H](CC(N)=O)NC(=O)[C@H](CO)NC(=O)[C@@H](N)CS)C(=O)N[C@@H](CS)C(=O)O. The second-order valence-electron chi connectivity index (χ2n) is 8.32. The van der Waals surface area contributed by atoms with Crippen molar-refractivity contribution in [2.45, 2.75) is 49.1 Å². The minimum Gasteiger partial charge on any atom is -0.480 e. The second kappa shape index (κ2) is 18.6. The molecule has 232 valence electrons. The van der Waals surface area contributed by atoms with E-state index in [9.17, 15) is 48.6 Å². The van der Waals surface area contributed by atoms with Crippen LogP contribution in [-0.2, 0) is 38.4 Å². The zero-order valence-electron chi connectivity index (χ0n) is 21.4. The number of carbonyl (C=O) groups is 8. The summed E-state index contributed by atoms with van der Waals surface area (Å²) in [4.78, 5) is 96.5. The minimum absolute atomic E-state index is 0.0970. The van der Waals surface area contributed by atoms with Crippen molar-refractivity contribution in [1.29, 1.82) is 0 Å². The number of carboxylic acids is 1. The van der Waals surface area contributed by atoms with Crippen molar-refractivity contribution in [2.24, 2.45) is 17.2 Å². The molecule has 0 saturated heterocycles. The highest BCUT2D eigenvalue weighted by Gasteiger charge is 2.33. The third-order valence-corrected chi connectivity index (χ3v) is 5.80. The first kappa shape index (κ1) is 37.3. The first-order valence-corrected chi connectivity index (χ1v) is 12.9. The number of nitrogens with one attached hydrogen (secondary N) is 5. The van der Waals surface area contributed by atoms with E-state index in [1.54, 1.807) is 0 Å². The maximum Gasteiger partial charge on any atom is 0.327 e. The molecule has 19 nitrogen and oxygen atoms in total. The molecule has 0 aliphatic carbocycles. The van der Waals surface area contributed by atoms with Gasteiger partial charge < -0.3 is 59.1 Å². The molecule has 0 rings (SSSR count). The number of rotatable bonds is 19. The lowest BCUT2D eigenvalue weighted by atomic mass is 10.1. The van der Waals surface area contributed by atoms with Crippen LogP contribution in [0, 0.1) is 0 Å². The predicted octanol–water partition coefficient (Wildman–Crippen LogP) is -7.58. The van der Waals surface area contributed by atoms with Crippen LogP contribution in [0.3, 0.4) is 0 Å². The molecule has 0 aromatic rings. The largest absolute Gasteiger partial charge is 0.480 e. The maximum absolute atomic E-state index is 12.8. The van der Waals surface area contributed by atoms with Gasteiger partial charge in [0, 0.05) is 11.5 Å². The number of carbonyl (C=O) groups excluding carboxylic acids is 7. The number of aliphatic hydroxyl groups is 2. The van der Waals surface area contributed by atoms with E-state index in [2.05, 4.69) is 35.9 Å². The maximum atomic E-state index is 12.8. The van der Waals surface area contributed by atoms with Crippen LogP contribution in [0.15, 0.2) is 0 Å². The van der Waals surface area contributed by atoms with Gasteiger partial charge in [0.2, 0.25) is 41.4 Å². The van der Waals surface area contributed by atoms with Crippen molar-refractivity contribution in [2.75, 3.05) is 24.7 Å². The van der Waals surface area contributed by atoms with Gasteiger partial charge in [0.1, 0.15) is 30.2 Å². The van der Waals surface area contributed by atoms with Crippen LogP contribution in [0.4, 0.5) is 0 Å². The highest BCUT2D eigenvalue weighted by atomic mass is 32.1. The Morgan fingerprint density at radius 1 is 0.561 bits per heavy atom. The fraction of sp³-hybridized carbons (Fsp3) is 0.600. The molecule has 0 fully saturated rings. The van der Waals surface area contributed by atoms with Crippen LogP contribution in [-0.4, -0.2) is 124 Å². The minimum atomic E-state index is -1.83. The van der Waals surface area contributed by atoms with Crippen LogP contribution < -0.4 is 43.8 Å². The third kappa shape index (κ3) is 13.5. The Bertz CT molecular complexity index is 1000. The smallest absolute Gasteiger partial charge is 0.327 e. The van der Waals surface area contributed by atoms with Gasteiger partial charge >= 0.3 is 5.97 Å². The average molecular weight is 627 g/mol. The zero-order valence-corrected chi connectivity index (χ0v) is 23.2. The first-order chi connectivity index (χ1) is 19.1. The summed E-state index contributed by atoms with van der Waals surface area (Å²) >= 11 is 7.61. The van der Waals surface area contributed by atoms with Gasteiger partial charge in [-0.3, -0.25) is 33.6 Å². The van der Waals surface area contributed by atoms with E-state index in [4.69, 9.17) is 22.3 Å². The highest BCUT2D eigenvalue weighted by molar-refractivity contribution is 7.80. The van der Waals surface area contributed by atoms with Crippen LogP contribution in [0.1, 0.15) is 12.8 Å². The molecule has 41 heavy (non-hydrogen) atoms. The molecule has 0 aromatic carbocycles. The van der Waals surface area contributed by atoms with Crippen LogP contribution >= 0.6 is 25.3 Å². The number of hydrogen-bond acceptors (Lipinski definition) is 13. The van der Waals surface area contributed by atoms with Crippen LogP contribution in [0.25, 0.3) is 0 Å². The highest BCUT2D eigenvalue weighted by Crippen LogP contribution is 2.00. The summed E-state index contributed by atoms with van der Waals surface area (Å²) in [6, 6.07) is -9.59. The lowest BCUT2D eigenvalue weighted by Gasteiger charge is -2.25. The molecule has 14 N–H and O–H groups in total. The van der Waals surface area contributed by atoms with E-state index in [1.807, 2.05) is 16.0 Å². The molecule has 0 radical (unpaired) electrons. The number of hydrogen-bond donors (Lipinski definition) is 13. The molecular formula is C20H34N8O11S2. The van der Waals surface area contributed by atoms with E-state index < -0.39 is 110 Å². The molecule has 6 atom stereocenters. The summed E-state index contributed by atoms with van der Waals surface area (Å²) in [5.41, 5.74) is 15.7. The molecule has 0 aliphatic rings. The molecule has 0 spiro atoms. The van der Waals surface area contributed by atoms with E-state index in [0.717, 1.165) is 0 Å². The fourth-order valence-electron chi connectivity index (χ4n) is 2.85. The second-order valence-corrected chi connectivity index (χ2v) is 9.05. The van der Waals surface area contributed by atoms with Crippen LogP contribution in [0.5, 0.6) is 0 Å². The van der Waals surface area contributed by atoms with Crippen LogP contribution in [0.2, 0.25) is 0 Å². The topological polar surface area (TPSA) is 335 Å². The first-order valence-electron chi connectivity index (χ1n) is 11.6. The molecule has 21 heteroatoms. The molecule has 0 saturated carbocycles. The van der Waals surface area contributed by atoms with E-state index in [0.29, 0.717) is 0 Å². The summed E-state index contributed by atoms with van der Waals surface area (Å²) in [6.45, 7) is -2.03. The number of thiol groups is 2.